The minimum atomic E-state index is -0.189. The first kappa shape index (κ1) is 24.9. The van der Waals surface area contributed by atoms with Gasteiger partial charge in [-0.1, -0.05) is 42.5 Å². The van der Waals surface area contributed by atoms with Crippen molar-refractivity contribution in [3.05, 3.63) is 132 Å². The number of fused-ring (bicyclic) bond motifs is 1. The van der Waals surface area contributed by atoms with Gasteiger partial charge in [-0.15, -0.1) is 0 Å². The summed E-state index contributed by atoms with van der Waals surface area (Å²) in [5.41, 5.74) is 14.5. The van der Waals surface area contributed by atoms with Crippen LogP contribution >= 0.6 is 0 Å². The second-order valence-electron chi connectivity index (χ2n) is 9.41. The molecule has 6 aromatic rings. The van der Waals surface area contributed by atoms with Crippen LogP contribution in [0.1, 0.15) is 21.5 Å². The Kier molecular flexibility index (Phi) is 6.92. The average molecular weight is 523 g/mol. The number of amides is 1. The summed E-state index contributed by atoms with van der Waals surface area (Å²) in [7, 11) is 0. The molecule has 3 aromatic carbocycles. The highest BCUT2D eigenvalue weighted by molar-refractivity contribution is 6.05. The van der Waals surface area contributed by atoms with Crippen LogP contribution in [0.3, 0.4) is 0 Å². The number of aryl methyl sites for hydroxylation is 2. The quantitative estimate of drug-likeness (QED) is 0.236. The third kappa shape index (κ3) is 5.39. The second-order valence-corrected chi connectivity index (χ2v) is 9.41. The predicted octanol–water partition coefficient (Wildman–Crippen LogP) is 6.37. The number of nitrogens with one attached hydrogen (secondary N) is 1. The number of pyridine rings is 2. The van der Waals surface area contributed by atoms with Crippen molar-refractivity contribution in [3.8, 4) is 22.8 Å². The molecular formula is C33H26N6O. The summed E-state index contributed by atoms with van der Waals surface area (Å²) in [5, 5.41) is 2.87. The van der Waals surface area contributed by atoms with Crippen LogP contribution in [0.15, 0.2) is 116 Å². The Morgan fingerprint density at radius 3 is 1.90 bits per heavy atom. The van der Waals surface area contributed by atoms with Crippen molar-refractivity contribution in [2.45, 2.75) is 12.8 Å². The molecule has 0 saturated heterocycles. The first-order valence-electron chi connectivity index (χ1n) is 13.0. The fraction of sp³-hybridized carbons (Fsp3) is 0.0606. The Bertz CT molecular complexity index is 1790. The number of nitrogens with two attached hydrogens (primary N) is 1. The summed E-state index contributed by atoms with van der Waals surface area (Å²) >= 11 is 0. The molecule has 1 amide bonds. The van der Waals surface area contributed by atoms with Gasteiger partial charge in [0.25, 0.3) is 5.91 Å². The van der Waals surface area contributed by atoms with Gasteiger partial charge in [-0.3, -0.25) is 14.8 Å². The van der Waals surface area contributed by atoms with Crippen molar-refractivity contribution in [1.29, 1.82) is 0 Å². The third-order valence-corrected chi connectivity index (χ3v) is 6.67. The summed E-state index contributed by atoms with van der Waals surface area (Å²) in [6, 6.07) is 32.6. The standard InChI is InChI=1S/C33H26N6O/c34-25-7-1-2-8-26(25)39-33(40)24-16-13-22(14-17-24)11-12-23-15-18-27-30(21-23)38-32(29-10-4-6-20-36-29)31(37-27)28-9-3-5-19-35-28/h1-10,13-21H,11-12,34H2,(H,39,40). The van der Waals surface area contributed by atoms with Gasteiger partial charge in [0.05, 0.1) is 33.8 Å². The van der Waals surface area contributed by atoms with Crippen molar-refractivity contribution < 1.29 is 4.79 Å². The highest BCUT2D eigenvalue weighted by Gasteiger charge is 2.15. The molecule has 0 aliphatic rings. The molecule has 0 unspecified atom stereocenters. The monoisotopic (exact) mass is 522 g/mol. The number of nitrogens with zero attached hydrogens (tertiary/aromatic N) is 4. The third-order valence-electron chi connectivity index (χ3n) is 6.67. The van der Waals surface area contributed by atoms with Crippen LogP contribution in [-0.4, -0.2) is 25.8 Å². The van der Waals surface area contributed by atoms with Crippen molar-refractivity contribution in [2.24, 2.45) is 0 Å². The van der Waals surface area contributed by atoms with Crippen LogP contribution in [0.25, 0.3) is 33.8 Å². The molecule has 7 nitrogen and oxygen atoms in total. The maximum atomic E-state index is 12.6. The lowest BCUT2D eigenvalue weighted by Crippen LogP contribution is -2.13. The van der Waals surface area contributed by atoms with Crippen molar-refractivity contribution in [1.82, 2.24) is 19.9 Å². The van der Waals surface area contributed by atoms with E-state index in [9.17, 15) is 4.79 Å². The summed E-state index contributed by atoms with van der Waals surface area (Å²) in [6.07, 6.45) is 5.16. The molecule has 194 valence electrons. The Hall–Kier alpha value is -5.43. The minimum Gasteiger partial charge on any atom is -0.397 e. The molecule has 3 aromatic heterocycles. The largest absolute Gasteiger partial charge is 0.397 e. The van der Waals surface area contributed by atoms with Crippen LogP contribution in [0.4, 0.5) is 11.4 Å². The maximum absolute atomic E-state index is 12.6. The zero-order valence-electron chi connectivity index (χ0n) is 21.7. The molecule has 6 rings (SSSR count). The van der Waals surface area contributed by atoms with E-state index in [-0.39, 0.29) is 5.91 Å². The fourth-order valence-corrected chi connectivity index (χ4v) is 4.54. The number of carbonyl (C=O) groups is 1. The Balaban J connectivity index is 1.21. The average Bonchev–Trinajstić information content (AvgIpc) is 3.01. The minimum absolute atomic E-state index is 0.189. The second kappa shape index (κ2) is 11.1. The van der Waals surface area contributed by atoms with Gasteiger partial charge in [-0.25, -0.2) is 9.97 Å². The number of para-hydroxylation sites is 2. The molecule has 0 fully saturated rings. The van der Waals surface area contributed by atoms with Crippen LogP contribution < -0.4 is 11.1 Å². The Morgan fingerprint density at radius 1 is 0.650 bits per heavy atom. The molecule has 0 radical (unpaired) electrons. The Morgan fingerprint density at radius 2 is 1.25 bits per heavy atom. The number of hydrogen-bond donors (Lipinski definition) is 2. The predicted molar refractivity (Wildman–Crippen MR) is 159 cm³/mol. The van der Waals surface area contributed by atoms with Crippen molar-refractivity contribution in [3.63, 3.8) is 0 Å². The summed E-state index contributed by atoms with van der Waals surface area (Å²) in [4.78, 5) is 31.6. The number of benzene rings is 3. The SMILES string of the molecule is Nc1ccccc1NC(=O)c1ccc(CCc2ccc3nc(-c4ccccn4)c(-c4ccccn4)nc3c2)cc1. The normalized spacial score (nSPS) is 10.9. The highest BCUT2D eigenvalue weighted by atomic mass is 16.1. The molecule has 40 heavy (non-hydrogen) atoms. The molecule has 0 bridgehead atoms. The van der Waals surface area contributed by atoms with E-state index in [0.29, 0.717) is 28.3 Å². The first-order chi connectivity index (χ1) is 19.6. The number of anilines is 2. The van der Waals surface area contributed by atoms with E-state index < -0.39 is 0 Å². The molecule has 3 heterocycles. The van der Waals surface area contributed by atoms with Crippen LogP contribution in [0.2, 0.25) is 0 Å². The van der Waals surface area contributed by atoms with Crippen LogP contribution in [0.5, 0.6) is 0 Å². The zero-order valence-corrected chi connectivity index (χ0v) is 21.7. The van der Waals surface area contributed by atoms with E-state index in [2.05, 4.69) is 27.4 Å². The van der Waals surface area contributed by atoms with Crippen LogP contribution in [0, 0.1) is 0 Å². The maximum Gasteiger partial charge on any atom is 0.255 e. The summed E-state index contributed by atoms with van der Waals surface area (Å²) < 4.78 is 0. The van der Waals surface area contributed by atoms with E-state index in [1.54, 1.807) is 24.5 Å². The van der Waals surface area contributed by atoms with Gasteiger partial charge < -0.3 is 11.1 Å². The number of nitrogen functional groups attached to an aromatic ring is 1. The van der Waals surface area contributed by atoms with Crippen molar-refractivity contribution >= 4 is 28.3 Å². The van der Waals surface area contributed by atoms with Gasteiger partial charge >= 0.3 is 0 Å². The zero-order chi connectivity index (χ0) is 27.3. The van der Waals surface area contributed by atoms with Crippen molar-refractivity contribution in [2.75, 3.05) is 11.1 Å². The molecule has 0 atom stereocenters. The molecule has 0 aliphatic carbocycles. The fourth-order valence-electron chi connectivity index (χ4n) is 4.54. The molecule has 7 heteroatoms. The molecule has 0 saturated carbocycles. The molecule has 3 N–H and O–H groups in total. The summed E-state index contributed by atoms with van der Waals surface area (Å²) in [5.74, 6) is -0.189. The summed E-state index contributed by atoms with van der Waals surface area (Å²) in [6.45, 7) is 0. The van der Waals surface area contributed by atoms with Gasteiger partial charge in [0.1, 0.15) is 11.4 Å². The molecular weight excluding hydrogens is 496 g/mol. The lowest BCUT2D eigenvalue weighted by Gasteiger charge is -2.11. The lowest BCUT2D eigenvalue weighted by molar-refractivity contribution is 0.102. The first-order valence-corrected chi connectivity index (χ1v) is 13.0. The topological polar surface area (TPSA) is 107 Å². The number of carbonyl (C=O) groups excluding carboxylic acids is 1. The highest BCUT2D eigenvalue weighted by Crippen LogP contribution is 2.29. The number of rotatable bonds is 7. The molecule has 0 spiro atoms. The van der Waals surface area contributed by atoms with E-state index in [0.717, 1.165) is 46.4 Å². The van der Waals surface area contributed by atoms with E-state index >= 15 is 0 Å². The number of hydrogen-bond acceptors (Lipinski definition) is 6. The van der Waals surface area contributed by atoms with Gasteiger partial charge in [-0.2, -0.15) is 0 Å². The Labute approximate surface area is 231 Å². The smallest absolute Gasteiger partial charge is 0.255 e. The van der Waals surface area contributed by atoms with Gasteiger partial charge in [0, 0.05) is 18.0 Å². The van der Waals surface area contributed by atoms with Crippen LogP contribution in [-0.2, 0) is 12.8 Å². The van der Waals surface area contributed by atoms with E-state index in [1.807, 2.05) is 78.9 Å². The van der Waals surface area contributed by atoms with E-state index in [1.165, 1.54) is 0 Å². The van der Waals surface area contributed by atoms with Gasteiger partial charge in [0.15, 0.2) is 0 Å². The molecule has 0 aliphatic heterocycles. The number of aromatic nitrogens is 4. The van der Waals surface area contributed by atoms with E-state index in [4.69, 9.17) is 15.7 Å². The van der Waals surface area contributed by atoms with Gasteiger partial charge in [0.2, 0.25) is 0 Å². The van der Waals surface area contributed by atoms with Gasteiger partial charge in [-0.05, 0) is 84.6 Å². The lowest BCUT2D eigenvalue weighted by atomic mass is 10.0.